The van der Waals surface area contributed by atoms with E-state index >= 15 is 0 Å². The molecule has 0 heterocycles. The van der Waals surface area contributed by atoms with Crippen molar-refractivity contribution in [1.29, 1.82) is 0 Å². The van der Waals surface area contributed by atoms with Crippen molar-refractivity contribution in [3.8, 4) is 5.75 Å². The number of ether oxygens (including phenoxy) is 1. The molecule has 0 aliphatic rings. The van der Waals surface area contributed by atoms with Crippen LogP contribution >= 0.6 is 0 Å². The molecular weight excluding hydrogens is 209 g/mol. The van der Waals surface area contributed by atoms with Crippen molar-refractivity contribution in [3.05, 3.63) is 28.6 Å². The summed E-state index contributed by atoms with van der Waals surface area (Å²) in [5.74, 6) is -0.329. The molecule has 0 saturated carbocycles. The van der Waals surface area contributed by atoms with Crippen molar-refractivity contribution in [2.45, 2.75) is 26.8 Å². The summed E-state index contributed by atoms with van der Waals surface area (Å²) in [6.07, 6.45) is 0. The van der Waals surface area contributed by atoms with Gasteiger partial charge >= 0.3 is 0 Å². The number of benzene rings is 1. The Labute approximate surface area is 94.4 Å². The third-order valence-corrected chi connectivity index (χ3v) is 2.60. The lowest BCUT2D eigenvalue weighted by Crippen LogP contribution is -2.27. The van der Waals surface area contributed by atoms with Crippen LogP contribution in [0.25, 0.3) is 0 Å². The quantitative estimate of drug-likeness (QED) is 0.800. The van der Waals surface area contributed by atoms with Crippen LogP contribution in [0.5, 0.6) is 5.75 Å². The highest BCUT2D eigenvalue weighted by atomic mass is 19.1. The molecule has 1 atom stereocenters. The fraction of sp³-hybridized carbons (Fsp3) is 0.417. The highest BCUT2D eigenvalue weighted by Gasteiger charge is 2.19. The maximum atomic E-state index is 13.6. The Morgan fingerprint density at radius 3 is 2.44 bits per heavy atom. The van der Waals surface area contributed by atoms with Crippen LogP contribution in [0.1, 0.15) is 28.4 Å². The first-order valence-electron chi connectivity index (χ1n) is 5.03. The first-order chi connectivity index (χ1) is 7.40. The molecule has 1 unspecified atom stereocenters. The summed E-state index contributed by atoms with van der Waals surface area (Å²) in [6.45, 7) is 4.91. The van der Waals surface area contributed by atoms with Crippen LogP contribution in [0.15, 0.2) is 6.07 Å². The fourth-order valence-electron chi connectivity index (χ4n) is 1.66. The second-order valence-electron chi connectivity index (χ2n) is 3.84. The van der Waals surface area contributed by atoms with Crippen LogP contribution in [0, 0.1) is 19.7 Å². The summed E-state index contributed by atoms with van der Waals surface area (Å²) in [7, 11) is 1.45. The number of carbonyl (C=O) groups is 1. The summed E-state index contributed by atoms with van der Waals surface area (Å²) in [6, 6.07) is 0.573. The zero-order valence-electron chi connectivity index (χ0n) is 9.93. The second kappa shape index (κ2) is 4.61. The molecule has 0 spiro atoms. The van der Waals surface area contributed by atoms with Crippen molar-refractivity contribution in [2.24, 2.45) is 5.73 Å². The van der Waals surface area contributed by atoms with Crippen LogP contribution in [-0.4, -0.2) is 18.9 Å². The molecule has 88 valence electrons. The minimum atomic E-state index is -0.648. The average Bonchev–Trinajstić information content (AvgIpc) is 2.23. The summed E-state index contributed by atoms with van der Waals surface area (Å²) < 4.78 is 18.7. The predicted molar refractivity (Wildman–Crippen MR) is 60.4 cm³/mol. The minimum absolute atomic E-state index is 0.283. The highest BCUT2D eigenvalue weighted by molar-refractivity contribution is 6.01. The van der Waals surface area contributed by atoms with Crippen molar-refractivity contribution in [3.63, 3.8) is 0 Å². The third kappa shape index (κ3) is 2.07. The van der Waals surface area contributed by atoms with E-state index in [1.807, 2.05) is 0 Å². The van der Waals surface area contributed by atoms with Crippen molar-refractivity contribution < 1.29 is 13.9 Å². The van der Waals surface area contributed by atoms with Crippen LogP contribution in [0.4, 0.5) is 4.39 Å². The van der Waals surface area contributed by atoms with E-state index in [1.54, 1.807) is 20.8 Å². The fourth-order valence-corrected chi connectivity index (χ4v) is 1.66. The molecule has 16 heavy (non-hydrogen) atoms. The van der Waals surface area contributed by atoms with Gasteiger partial charge in [0.1, 0.15) is 11.6 Å². The van der Waals surface area contributed by atoms with Gasteiger partial charge < -0.3 is 10.5 Å². The van der Waals surface area contributed by atoms with Gasteiger partial charge in [-0.1, -0.05) is 0 Å². The lowest BCUT2D eigenvalue weighted by Gasteiger charge is -2.14. The number of Topliss-reactive ketones (excluding diaryl/α,β-unsaturated/α-hetero) is 1. The average molecular weight is 225 g/mol. The molecule has 2 N–H and O–H groups in total. The van der Waals surface area contributed by atoms with Crippen LogP contribution in [0.3, 0.4) is 0 Å². The maximum Gasteiger partial charge on any atom is 0.179 e. The Balaban J connectivity index is 3.43. The topological polar surface area (TPSA) is 52.3 Å². The van der Waals surface area contributed by atoms with Gasteiger partial charge in [0.15, 0.2) is 5.78 Å². The zero-order chi connectivity index (χ0) is 12.5. The first-order valence-corrected chi connectivity index (χ1v) is 5.03. The number of ketones is 1. The third-order valence-electron chi connectivity index (χ3n) is 2.60. The molecule has 3 nitrogen and oxygen atoms in total. The molecule has 0 fully saturated rings. The number of carbonyl (C=O) groups excluding carboxylic acids is 1. The molecule has 1 rings (SSSR count). The van der Waals surface area contributed by atoms with Crippen molar-refractivity contribution >= 4 is 5.78 Å². The predicted octanol–water partition coefficient (Wildman–Crippen LogP) is 1.98. The molecule has 0 saturated heterocycles. The molecule has 0 aromatic heterocycles. The van der Waals surface area contributed by atoms with E-state index in [0.717, 1.165) is 0 Å². The number of rotatable bonds is 3. The van der Waals surface area contributed by atoms with E-state index in [4.69, 9.17) is 10.5 Å². The summed E-state index contributed by atoms with van der Waals surface area (Å²) in [4.78, 5) is 11.7. The Morgan fingerprint density at radius 1 is 1.44 bits per heavy atom. The SMILES string of the molecule is COc1c(C)c(F)cc(C(=O)C(C)N)c1C. The van der Waals surface area contributed by atoms with Gasteiger partial charge in [0.2, 0.25) is 0 Å². The number of halogens is 1. The molecule has 0 aliphatic heterocycles. The molecular formula is C12H16FNO2. The smallest absolute Gasteiger partial charge is 0.179 e. The van der Waals surface area contributed by atoms with E-state index in [1.165, 1.54) is 13.2 Å². The van der Waals surface area contributed by atoms with E-state index in [0.29, 0.717) is 16.9 Å². The molecule has 0 aliphatic carbocycles. The minimum Gasteiger partial charge on any atom is -0.496 e. The second-order valence-corrected chi connectivity index (χ2v) is 3.84. The summed E-state index contributed by atoms with van der Waals surface area (Å²) >= 11 is 0. The van der Waals surface area contributed by atoms with Crippen LogP contribution in [0.2, 0.25) is 0 Å². The number of hydrogen-bond acceptors (Lipinski definition) is 3. The van der Waals surface area contributed by atoms with Crippen molar-refractivity contribution in [2.75, 3.05) is 7.11 Å². The summed E-state index contributed by atoms with van der Waals surface area (Å²) in [5.41, 5.74) is 6.82. The molecule has 0 bridgehead atoms. The Bertz CT molecular complexity index is 428. The largest absolute Gasteiger partial charge is 0.496 e. The van der Waals surface area contributed by atoms with Gasteiger partial charge in [-0.05, 0) is 26.8 Å². The lowest BCUT2D eigenvalue weighted by molar-refractivity contribution is 0.0966. The van der Waals surface area contributed by atoms with Gasteiger partial charge in [0.05, 0.1) is 13.2 Å². The van der Waals surface area contributed by atoms with E-state index < -0.39 is 11.9 Å². The number of hydrogen-bond donors (Lipinski definition) is 1. The lowest BCUT2D eigenvalue weighted by atomic mass is 9.97. The van der Waals surface area contributed by atoms with Gasteiger partial charge in [-0.2, -0.15) is 0 Å². The maximum absolute atomic E-state index is 13.6. The first kappa shape index (κ1) is 12.6. The number of nitrogens with two attached hydrogens (primary N) is 1. The standard InChI is InChI=1S/C12H16FNO2/c1-6-9(11(15)8(3)14)5-10(13)7(2)12(6)16-4/h5,8H,14H2,1-4H3. The highest BCUT2D eigenvalue weighted by Crippen LogP contribution is 2.28. The van der Waals surface area contributed by atoms with Gasteiger partial charge in [0, 0.05) is 16.7 Å². The van der Waals surface area contributed by atoms with Gasteiger partial charge in [-0.15, -0.1) is 0 Å². The van der Waals surface area contributed by atoms with Gasteiger partial charge in [-0.25, -0.2) is 4.39 Å². The van der Waals surface area contributed by atoms with Crippen LogP contribution < -0.4 is 10.5 Å². The van der Waals surface area contributed by atoms with Crippen LogP contribution in [-0.2, 0) is 0 Å². The van der Waals surface area contributed by atoms with E-state index in [2.05, 4.69) is 0 Å². The summed E-state index contributed by atoms with van der Waals surface area (Å²) in [5, 5.41) is 0. The molecule has 1 aromatic carbocycles. The molecule has 0 radical (unpaired) electrons. The van der Waals surface area contributed by atoms with Crippen molar-refractivity contribution in [1.82, 2.24) is 0 Å². The van der Waals surface area contributed by atoms with E-state index in [-0.39, 0.29) is 11.3 Å². The van der Waals surface area contributed by atoms with E-state index in [9.17, 15) is 9.18 Å². The Kier molecular flexibility index (Phi) is 3.65. The molecule has 0 amide bonds. The van der Waals surface area contributed by atoms with Gasteiger partial charge in [-0.3, -0.25) is 4.79 Å². The monoisotopic (exact) mass is 225 g/mol. The Hall–Kier alpha value is -1.42. The molecule has 1 aromatic rings. The normalized spacial score (nSPS) is 12.4. The van der Waals surface area contributed by atoms with Gasteiger partial charge in [0.25, 0.3) is 0 Å². The Morgan fingerprint density at radius 2 is 2.00 bits per heavy atom. The molecule has 4 heteroatoms. The zero-order valence-corrected chi connectivity index (χ0v) is 9.93. The number of methoxy groups -OCH3 is 1.